The van der Waals surface area contributed by atoms with Crippen LogP contribution in [0, 0.1) is 6.92 Å². The molecule has 2 heterocycles. The molecule has 1 unspecified atom stereocenters. The third kappa shape index (κ3) is 5.24. The molecule has 4 aromatic rings. The van der Waals surface area contributed by atoms with Crippen LogP contribution in [0.4, 0.5) is 5.69 Å². The molecule has 1 aliphatic rings. The first-order chi connectivity index (χ1) is 17.0. The van der Waals surface area contributed by atoms with Gasteiger partial charge in [-0.15, -0.1) is 0 Å². The number of aromatic nitrogens is 2. The fourth-order valence-electron chi connectivity index (χ4n) is 4.66. The number of rotatable bonds is 8. The Morgan fingerprint density at radius 1 is 1.09 bits per heavy atom. The minimum absolute atomic E-state index is 0.0619. The number of hydrogen-bond donors (Lipinski definition) is 0. The number of carbonyl (C=O) groups excluding carboxylic acids is 1. The van der Waals surface area contributed by atoms with E-state index in [9.17, 15) is 4.79 Å². The van der Waals surface area contributed by atoms with Crippen LogP contribution < -0.4 is 9.64 Å². The van der Waals surface area contributed by atoms with E-state index in [4.69, 9.17) is 21.3 Å². The molecule has 0 N–H and O–H groups in total. The number of para-hydroxylation sites is 2. The van der Waals surface area contributed by atoms with Crippen molar-refractivity contribution in [2.24, 2.45) is 0 Å². The summed E-state index contributed by atoms with van der Waals surface area (Å²) in [4.78, 5) is 19.7. The predicted octanol–water partition coefficient (Wildman–Crippen LogP) is 7.14. The molecule has 1 aliphatic heterocycles. The van der Waals surface area contributed by atoms with Crippen LogP contribution in [-0.4, -0.2) is 28.6 Å². The Bertz CT molecular complexity index is 1350. The zero-order chi connectivity index (χ0) is 24.4. The molecule has 0 saturated carbocycles. The van der Waals surface area contributed by atoms with Crippen molar-refractivity contribution in [3.8, 4) is 5.75 Å². The third-order valence-corrected chi connectivity index (χ3v) is 7.44. The molecule has 1 amide bonds. The highest BCUT2D eigenvalue weighted by Gasteiger charge is 2.34. The summed E-state index contributed by atoms with van der Waals surface area (Å²) in [5.41, 5.74) is 4.04. The summed E-state index contributed by atoms with van der Waals surface area (Å²) in [6, 6.07) is 21.9. The van der Waals surface area contributed by atoms with Gasteiger partial charge in [0.2, 0.25) is 5.91 Å². The summed E-state index contributed by atoms with van der Waals surface area (Å²) in [7, 11) is 0. The van der Waals surface area contributed by atoms with Crippen molar-refractivity contribution >= 4 is 50.2 Å². The number of imidazole rings is 1. The zero-order valence-corrected chi connectivity index (χ0v) is 21.9. The van der Waals surface area contributed by atoms with Crippen LogP contribution in [0.3, 0.4) is 0 Å². The summed E-state index contributed by atoms with van der Waals surface area (Å²) < 4.78 is 9.22. The average molecular weight is 553 g/mol. The highest BCUT2D eigenvalue weighted by molar-refractivity contribution is 9.10. The van der Waals surface area contributed by atoms with Crippen LogP contribution >= 0.6 is 27.5 Å². The van der Waals surface area contributed by atoms with Gasteiger partial charge in [0.25, 0.3) is 0 Å². The Labute approximate surface area is 218 Å². The number of amides is 1. The molecule has 5 nitrogen and oxygen atoms in total. The van der Waals surface area contributed by atoms with Gasteiger partial charge in [-0.2, -0.15) is 0 Å². The zero-order valence-electron chi connectivity index (χ0n) is 19.6. The number of benzene rings is 3. The summed E-state index contributed by atoms with van der Waals surface area (Å²) in [6.07, 6.45) is 2.34. The lowest BCUT2D eigenvalue weighted by Gasteiger charge is -2.17. The van der Waals surface area contributed by atoms with E-state index in [-0.39, 0.29) is 11.8 Å². The summed E-state index contributed by atoms with van der Waals surface area (Å²) >= 11 is 9.58. The Balaban J connectivity index is 1.28. The van der Waals surface area contributed by atoms with Gasteiger partial charge in [0.05, 0.1) is 17.6 Å². The van der Waals surface area contributed by atoms with Gasteiger partial charge in [0.1, 0.15) is 11.6 Å². The number of fused-ring (bicyclic) bond motifs is 1. The van der Waals surface area contributed by atoms with E-state index in [1.807, 2.05) is 72.5 Å². The van der Waals surface area contributed by atoms with Crippen molar-refractivity contribution in [2.45, 2.75) is 38.6 Å². The Hall–Kier alpha value is -2.83. The molecular weight excluding hydrogens is 526 g/mol. The van der Waals surface area contributed by atoms with Gasteiger partial charge in [-0.25, -0.2) is 4.98 Å². The molecule has 0 aliphatic carbocycles. The SMILES string of the molecule is Cc1cc(OCCCCn2c(C3CC(=O)N(c4ccc(Br)cc4)C3)nc3ccccc32)ccc1Cl. The van der Waals surface area contributed by atoms with E-state index in [0.717, 1.165) is 62.7 Å². The molecule has 1 saturated heterocycles. The van der Waals surface area contributed by atoms with E-state index in [0.29, 0.717) is 19.6 Å². The van der Waals surface area contributed by atoms with Crippen molar-refractivity contribution in [3.63, 3.8) is 0 Å². The molecule has 0 spiro atoms. The largest absolute Gasteiger partial charge is 0.494 e. The van der Waals surface area contributed by atoms with Crippen molar-refractivity contribution in [1.29, 1.82) is 0 Å². The molecule has 3 aromatic carbocycles. The number of unbranched alkanes of at least 4 members (excludes halogenated alkanes) is 1. The lowest BCUT2D eigenvalue weighted by Crippen LogP contribution is -2.24. The first-order valence-electron chi connectivity index (χ1n) is 11.9. The maximum Gasteiger partial charge on any atom is 0.227 e. The minimum atomic E-state index is 0.0619. The number of hydrogen-bond acceptors (Lipinski definition) is 3. The van der Waals surface area contributed by atoms with E-state index in [2.05, 4.69) is 26.6 Å². The van der Waals surface area contributed by atoms with Crippen molar-refractivity contribution in [3.05, 3.63) is 87.6 Å². The fraction of sp³-hybridized carbons (Fsp3) is 0.286. The van der Waals surface area contributed by atoms with Gasteiger partial charge in [0, 0.05) is 40.6 Å². The molecule has 5 rings (SSSR count). The number of carbonyl (C=O) groups is 1. The van der Waals surface area contributed by atoms with E-state index in [1.165, 1.54) is 0 Å². The normalized spacial score (nSPS) is 15.8. The van der Waals surface area contributed by atoms with Gasteiger partial charge in [-0.1, -0.05) is 39.7 Å². The van der Waals surface area contributed by atoms with Gasteiger partial charge >= 0.3 is 0 Å². The second-order valence-corrected chi connectivity index (χ2v) is 10.3. The highest BCUT2D eigenvalue weighted by atomic mass is 79.9. The van der Waals surface area contributed by atoms with Crippen LogP contribution in [0.2, 0.25) is 5.02 Å². The second kappa shape index (κ2) is 10.4. The van der Waals surface area contributed by atoms with Crippen LogP contribution in [-0.2, 0) is 11.3 Å². The Morgan fingerprint density at radius 3 is 2.69 bits per heavy atom. The molecule has 35 heavy (non-hydrogen) atoms. The quantitative estimate of drug-likeness (QED) is 0.218. The van der Waals surface area contributed by atoms with E-state index in [1.54, 1.807) is 0 Å². The summed E-state index contributed by atoms with van der Waals surface area (Å²) in [5.74, 6) is 2.04. The molecule has 0 bridgehead atoms. The second-order valence-electron chi connectivity index (χ2n) is 8.96. The standard InChI is InChI=1S/C28H27BrClN3O2/c1-19-16-23(12-13-24(19)30)35-15-5-4-14-32-26-7-3-2-6-25(26)31-28(32)20-17-27(34)33(18-20)22-10-8-21(29)9-11-22/h2-3,6-13,16,20H,4-5,14-15,17-18H2,1H3. The number of nitrogens with zero attached hydrogens (tertiary/aromatic N) is 3. The van der Waals surface area contributed by atoms with Gasteiger partial charge in [0.15, 0.2) is 0 Å². The van der Waals surface area contributed by atoms with Crippen molar-refractivity contribution < 1.29 is 9.53 Å². The molecule has 1 atom stereocenters. The van der Waals surface area contributed by atoms with Crippen LogP contribution in [0.15, 0.2) is 71.2 Å². The third-order valence-electron chi connectivity index (χ3n) is 6.49. The molecule has 1 fully saturated rings. The maximum absolute atomic E-state index is 12.9. The van der Waals surface area contributed by atoms with Crippen LogP contribution in [0.1, 0.15) is 36.6 Å². The number of halogens is 2. The lowest BCUT2D eigenvalue weighted by atomic mass is 10.1. The monoisotopic (exact) mass is 551 g/mol. The molecule has 0 radical (unpaired) electrons. The van der Waals surface area contributed by atoms with Crippen molar-refractivity contribution in [2.75, 3.05) is 18.1 Å². The van der Waals surface area contributed by atoms with Crippen LogP contribution in [0.5, 0.6) is 5.75 Å². The highest BCUT2D eigenvalue weighted by Crippen LogP contribution is 2.34. The first kappa shape index (κ1) is 23.9. The van der Waals surface area contributed by atoms with Crippen molar-refractivity contribution in [1.82, 2.24) is 9.55 Å². The topological polar surface area (TPSA) is 47.4 Å². The fourth-order valence-corrected chi connectivity index (χ4v) is 5.04. The average Bonchev–Trinajstić information content (AvgIpc) is 3.42. The smallest absolute Gasteiger partial charge is 0.227 e. The van der Waals surface area contributed by atoms with Gasteiger partial charge < -0.3 is 14.2 Å². The predicted molar refractivity (Wildman–Crippen MR) is 145 cm³/mol. The summed E-state index contributed by atoms with van der Waals surface area (Å²) in [5, 5.41) is 0.751. The van der Waals surface area contributed by atoms with E-state index < -0.39 is 0 Å². The Kier molecular flexibility index (Phi) is 7.12. The minimum Gasteiger partial charge on any atom is -0.494 e. The molecule has 1 aromatic heterocycles. The Morgan fingerprint density at radius 2 is 1.89 bits per heavy atom. The first-order valence-corrected chi connectivity index (χ1v) is 13.1. The molecule has 7 heteroatoms. The molecular formula is C28H27BrClN3O2. The van der Waals surface area contributed by atoms with Gasteiger partial charge in [-0.3, -0.25) is 4.79 Å². The number of aryl methyl sites for hydroxylation is 2. The van der Waals surface area contributed by atoms with Gasteiger partial charge in [-0.05, 0) is 79.9 Å². The lowest BCUT2D eigenvalue weighted by molar-refractivity contribution is -0.117. The molecule has 180 valence electrons. The maximum atomic E-state index is 12.9. The summed E-state index contributed by atoms with van der Waals surface area (Å²) in [6.45, 7) is 4.10. The number of anilines is 1. The number of ether oxygens (including phenoxy) is 1. The van der Waals surface area contributed by atoms with E-state index >= 15 is 0 Å². The van der Waals surface area contributed by atoms with Crippen LogP contribution in [0.25, 0.3) is 11.0 Å².